The second-order valence-corrected chi connectivity index (χ2v) is 3.91. The lowest BCUT2D eigenvalue weighted by atomic mass is 10.1. The van der Waals surface area contributed by atoms with Gasteiger partial charge in [-0.2, -0.15) is 0 Å². The van der Waals surface area contributed by atoms with Crippen LogP contribution in [-0.4, -0.2) is 16.5 Å². The number of nitrogens with two attached hydrogens (primary N) is 1. The summed E-state index contributed by atoms with van der Waals surface area (Å²) < 4.78 is 0. The van der Waals surface area contributed by atoms with E-state index in [2.05, 4.69) is 9.97 Å². The van der Waals surface area contributed by atoms with E-state index in [0.29, 0.717) is 17.8 Å². The Morgan fingerprint density at radius 2 is 2.29 bits per heavy atom. The fourth-order valence-electron chi connectivity index (χ4n) is 1.69. The first-order chi connectivity index (χ1) is 8.20. The van der Waals surface area contributed by atoms with Gasteiger partial charge in [0.2, 0.25) is 0 Å². The summed E-state index contributed by atoms with van der Waals surface area (Å²) >= 11 is 0. The Kier molecular flexibility index (Phi) is 3.35. The highest BCUT2D eigenvalue weighted by molar-refractivity contribution is 5.80. The van der Waals surface area contributed by atoms with E-state index in [4.69, 9.17) is 5.73 Å². The summed E-state index contributed by atoms with van der Waals surface area (Å²) in [7, 11) is 0. The average Bonchev–Trinajstić information content (AvgIpc) is 2.30. The molecule has 2 aromatic rings. The minimum atomic E-state index is -0.0958. The number of fused-ring (bicyclic) bond motifs is 1. The Bertz CT molecular complexity index is 614. The number of nitrogens with one attached hydrogen (secondary N) is 1. The molecular formula is C13H15N3O. The van der Waals surface area contributed by atoms with Crippen molar-refractivity contribution in [1.29, 1.82) is 0 Å². The first-order valence-electron chi connectivity index (χ1n) is 5.58. The van der Waals surface area contributed by atoms with Crippen LogP contribution in [0.15, 0.2) is 29.1 Å². The van der Waals surface area contributed by atoms with Crippen LogP contribution in [0.2, 0.25) is 0 Å². The minimum absolute atomic E-state index is 0.0958. The van der Waals surface area contributed by atoms with Gasteiger partial charge in [-0.05, 0) is 37.6 Å². The largest absolute Gasteiger partial charge is 0.330 e. The third-order valence-corrected chi connectivity index (χ3v) is 2.49. The van der Waals surface area contributed by atoms with Crippen LogP contribution < -0.4 is 11.3 Å². The Morgan fingerprint density at radius 1 is 1.47 bits per heavy atom. The number of benzene rings is 1. The van der Waals surface area contributed by atoms with Gasteiger partial charge in [-0.15, -0.1) is 0 Å². The maximum Gasteiger partial charge on any atom is 0.258 e. The molecule has 0 saturated carbocycles. The zero-order valence-electron chi connectivity index (χ0n) is 9.73. The van der Waals surface area contributed by atoms with Crippen LogP contribution in [0.3, 0.4) is 0 Å². The number of rotatable bonds is 3. The fourth-order valence-corrected chi connectivity index (χ4v) is 1.69. The van der Waals surface area contributed by atoms with Gasteiger partial charge in [0.15, 0.2) is 0 Å². The lowest BCUT2D eigenvalue weighted by Crippen LogP contribution is -2.09. The minimum Gasteiger partial charge on any atom is -0.330 e. The van der Waals surface area contributed by atoms with E-state index in [9.17, 15) is 4.79 Å². The molecule has 1 aromatic heterocycles. The van der Waals surface area contributed by atoms with Gasteiger partial charge in [0, 0.05) is 0 Å². The SMILES string of the molecule is Cc1nc2ccc(C=CCCN)cc2c(=O)[nH]1. The number of hydrogen-bond acceptors (Lipinski definition) is 3. The van der Waals surface area contributed by atoms with Crippen LogP contribution in [0.4, 0.5) is 0 Å². The number of nitrogens with zero attached hydrogens (tertiary/aromatic N) is 1. The zero-order chi connectivity index (χ0) is 12.3. The molecule has 0 aliphatic carbocycles. The quantitative estimate of drug-likeness (QED) is 0.839. The molecule has 4 nitrogen and oxygen atoms in total. The van der Waals surface area contributed by atoms with Gasteiger partial charge in [0.1, 0.15) is 5.82 Å². The molecule has 17 heavy (non-hydrogen) atoms. The van der Waals surface area contributed by atoms with Crippen LogP contribution >= 0.6 is 0 Å². The van der Waals surface area contributed by atoms with Gasteiger partial charge in [-0.25, -0.2) is 4.98 Å². The number of aromatic amines is 1. The standard InChI is InChI=1S/C13H15N3O/c1-9-15-12-6-5-10(4-2-3-7-14)8-11(12)13(17)16-9/h2,4-6,8H,3,7,14H2,1H3,(H,15,16,17). The fraction of sp³-hybridized carbons (Fsp3) is 0.231. The molecule has 0 aliphatic heterocycles. The van der Waals surface area contributed by atoms with Crippen LogP contribution in [0.1, 0.15) is 17.8 Å². The average molecular weight is 229 g/mol. The molecule has 0 amide bonds. The number of H-pyrrole nitrogens is 1. The van der Waals surface area contributed by atoms with Crippen molar-refractivity contribution < 1.29 is 0 Å². The summed E-state index contributed by atoms with van der Waals surface area (Å²) in [5.74, 6) is 0.633. The van der Waals surface area contributed by atoms with Crippen molar-refractivity contribution in [1.82, 2.24) is 9.97 Å². The maximum absolute atomic E-state index is 11.7. The third-order valence-electron chi connectivity index (χ3n) is 2.49. The summed E-state index contributed by atoms with van der Waals surface area (Å²) in [5, 5.41) is 0.616. The molecule has 4 heteroatoms. The maximum atomic E-state index is 11.7. The van der Waals surface area contributed by atoms with Gasteiger partial charge < -0.3 is 10.7 Å². The van der Waals surface area contributed by atoms with Gasteiger partial charge in [-0.1, -0.05) is 18.2 Å². The molecule has 0 saturated heterocycles. The topological polar surface area (TPSA) is 71.8 Å². The number of aryl methyl sites for hydroxylation is 1. The highest BCUT2D eigenvalue weighted by Gasteiger charge is 2.01. The highest BCUT2D eigenvalue weighted by atomic mass is 16.1. The molecular weight excluding hydrogens is 214 g/mol. The second kappa shape index (κ2) is 4.93. The van der Waals surface area contributed by atoms with Crippen molar-refractivity contribution in [2.75, 3.05) is 6.54 Å². The normalized spacial score (nSPS) is 11.4. The summed E-state index contributed by atoms with van der Waals surface area (Å²) in [6.45, 7) is 2.40. The summed E-state index contributed by atoms with van der Waals surface area (Å²) in [4.78, 5) is 18.7. The summed E-state index contributed by atoms with van der Waals surface area (Å²) in [6.07, 6.45) is 4.79. The predicted molar refractivity (Wildman–Crippen MR) is 69.8 cm³/mol. The molecule has 0 unspecified atom stereocenters. The Hall–Kier alpha value is -1.94. The molecule has 0 aliphatic rings. The van der Waals surface area contributed by atoms with E-state index >= 15 is 0 Å². The van der Waals surface area contributed by atoms with Crippen molar-refractivity contribution in [3.05, 3.63) is 46.0 Å². The van der Waals surface area contributed by atoms with E-state index in [1.165, 1.54) is 0 Å². The lowest BCUT2D eigenvalue weighted by molar-refractivity contribution is 1.01. The van der Waals surface area contributed by atoms with E-state index in [-0.39, 0.29) is 5.56 Å². The van der Waals surface area contributed by atoms with Crippen molar-refractivity contribution in [3.63, 3.8) is 0 Å². The molecule has 0 atom stereocenters. The monoisotopic (exact) mass is 229 g/mol. The molecule has 3 N–H and O–H groups in total. The smallest absolute Gasteiger partial charge is 0.258 e. The Balaban J connectivity index is 2.47. The Labute approximate surface area is 99.2 Å². The van der Waals surface area contributed by atoms with Crippen LogP contribution in [-0.2, 0) is 0 Å². The lowest BCUT2D eigenvalue weighted by Gasteiger charge is -2.00. The van der Waals surface area contributed by atoms with Crippen LogP contribution in [0.5, 0.6) is 0 Å². The third kappa shape index (κ3) is 2.60. The predicted octanol–water partition coefficient (Wildman–Crippen LogP) is 1.59. The van der Waals surface area contributed by atoms with Crippen molar-refractivity contribution in [2.45, 2.75) is 13.3 Å². The second-order valence-electron chi connectivity index (χ2n) is 3.91. The van der Waals surface area contributed by atoms with Crippen molar-refractivity contribution >= 4 is 17.0 Å². The van der Waals surface area contributed by atoms with E-state index in [0.717, 1.165) is 17.5 Å². The van der Waals surface area contributed by atoms with E-state index < -0.39 is 0 Å². The zero-order valence-corrected chi connectivity index (χ0v) is 9.73. The number of aromatic nitrogens is 2. The molecule has 0 bridgehead atoms. The molecule has 0 radical (unpaired) electrons. The van der Waals surface area contributed by atoms with Gasteiger partial charge in [0.05, 0.1) is 10.9 Å². The summed E-state index contributed by atoms with van der Waals surface area (Å²) in [5.41, 5.74) is 7.02. The number of hydrogen-bond donors (Lipinski definition) is 2. The van der Waals surface area contributed by atoms with Gasteiger partial charge in [0.25, 0.3) is 5.56 Å². The van der Waals surface area contributed by atoms with Crippen LogP contribution in [0.25, 0.3) is 17.0 Å². The molecule has 1 aromatic carbocycles. The highest BCUT2D eigenvalue weighted by Crippen LogP contribution is 2.11. The molecule has 2 rings (SSSR count). The molecule has 88 valence electrons. The van der Waals surface area contributed by atoms with Crippen LogP contribution in [0, 0.1) is 6.92 Å². The summed E-state index contributed by atoms with van der Waals surface area (Å²) in [6, 6.07) is 5.65. The van der Waals surface area contributed by atoms with Crippen molar-refractivity contribution in [3.8, 4) is 0 Å². The van der Waals surface area contributed by atoms with E-state index in [1.807, 2.05) is 30.4 Å². The van der Waals surface area contributed by atoms with Crippen molar-refractivity contribution in [2.24, 2.45) is 5.73 Å². The molecule has 0 spiro atoms. The Morgan fingerprint density at radius 3 is 3.06 bits per heavy atom. The molecule has 0 fully saturated rings. The first kappa shape index (κ1) is 11.5. The molecule has 1 heterocycles. The van der Waals surface area contributed by atoms with Gasteiger partial charge >= 0.3 is 0 Å². The first-order valence-corrected chi connectivity index (χ1v) is 5.58. The van der Waals surface area contributed by atoms with Gasteiger partial charge in [-0.3, -0.25) is 4.79 Å². The van der Waals surface area contributed by atoms with E-state index in [1.54, 1.807) is 6.92 Å².